The van der Waals surface area contributed by atoms with Gasteiger partial charge in [0, 0.05) is 50.8 Å². The van der Waals surface area contributed by atoms with Crippen molar-refractivity contribution in [3.05, 3.63) is 72.4 Å². The number of hydrogen-bond acceptors (Lipinski definition) is 5. The van der Waals surface area contributed by atoms with Gasteiger partial charge in [0.1, 0.15) is 5.75 Å². The van der Waals surface area contributed by atoms with Crippen molar-refractivity contribution in [2.24, 2.45) is 0 Å². The molecule has 0 unspecified atom stereocenters. The highest BCUT2D eigenvalue weighted by molar-refractivity contribution is 5.74. The van der Waals surface area contributed by atoms with Crippen LogP contribution in [0, 0.1) is 0 Å². The number of ether oxygens (including phenoxy) is 2. The molecule has 32 heavy (non-hydrogen) atoms. The molecular weight excluding hydrogens is 406 g/mol. The highest BCUT2D eigenvalue weighted by Gasteiger charge is 2.14. The Morgan fingerprint density at radius 1 is 1.06 bits per heavy atom. The van der Waals surface area contributed by atoms with Crippen molar-refractivity contribution in [1.82, 2.24) is 24.8 Å². The Bertz CT molecular complexity index is 945. The van der Waals surface area contributed by atoms with Gasteiger partial charge in [0.25, 0.3) is 0 Å². The average molecular weight is 438 g/mol. The molecule has 0 radical (unpaired) electrons. The second-order valence-corrected chi connectivity index (χ2v) is 7.25. The maximum Gasteiger partial charge on any atom is 0.317 e. The number of hydrogen-bond donors (Lipinski definition) is 1. The number of benzene rings is 1. The minimum Gasteiger partial charge on any atom is -0.494 e. The zero-order valence-electron chi connectivity index (χ0n) is 18.7. The van der Waals surface area contributed by atoms with E-state index in [1.165, 1.54) is 0 Å². The number of amides is 2. The van der Waals surface area contributed by atoms with Crippen LogP contribution in [0.5, 0.6) is 11.6 Å². The molecule has 1 aromatic carbocycles. The van der Waals surface area contributed by atoms with E-state index in [4.69, 9.17) is 9.47 Å². The molecule has 0 saturated heterocycles. The Hall–Kier alpha value is -3.55. The van der Waals surface area contributed by atoms with Crippen LogP contribution in [0.2, 0.25) is 0 Å². The van der Waals surface area contributed by atoms with Crippen LogP contribution in [0.4, 0.5) is 4.79 Å². The van der Waals surface area contributed by atoms with Crippen molar-refractivity contribution < 1.29 is 14.3 Å². The van der Waals surface area contributed by atoms with Gasteiger partial charge in [-0.05, 0) is 49.6 Å². The molecule has 0 atom stereocenters. The number of aromatic nitrogens is 3. The third-order valence-corrected chi connectivity index (χ3v) is 4.83. The van der Waals surface area contributed by atoms with Gasteiger partial charge >= 0.3 is 6.03 Å². The van der Waals surface area contributed by atoms with E-state index in [0.717, 1.165) is 29.8 Å². The summed E-state index contributed by atoms with van der Waals surface area (Å²) in [6.07, 6.45) is 7.99. The van der Waals surface area contributed by atoms with E-state index >= 15 is 0 Å². The van der Waals surface area contributed by atoms with E-state index in [1.54, 1.807) is 18.7 Å². The van der Waals surface area contributed by atoms with E-state index in [9.17, 15) is 4.79 Å². The van der Waals surface area contributed by atoms with Gasteiger partial charge in [-0.1, -0.05) is 12.1 Å². The molecule has 0 aliphatic heterocycles. The predicted molar refractivity (Wildman–Crippen MR) is 123 cm³/mol. The highest BCUT2D eigenvalue weighted by atomic mass is 16.5. The molecule has 0 aliphatic rings. The van der Waals surface area contributed by atoms with E-state index < -0.39 is 0 Å². The number of urea groups is 1. The Labute approximate surface area is 189 Å². The van der Waals surface area contributed by atoms with E-state index in [-0.39, 0.29) is 6.03 Å². The second-order valence-electron chi connectivity index (χ2n) is 7.25. The lowest BCUT2D eigenvalue weighted by molar-refractivity contribution is 0.193. The van der Waals surface area contributed by atoms with Crippen LogP contribution in [0.25, 0.3) is 0 Å². The van der Waals surface area contributed by atoms with Crippen molar-refractivity contribution in [3.63, 3.8) is 0 Å². The summed E-state index contributed by atoms with van der Waals surface area (Å²) < 4.78 is 13.0. The molecule has 8 heteroatoms. The van der Waals surface area contributed by atoms with E-state index in [1.807, 2.05) is 65.9 Å². The monoisotopic (exact) mass is 437 g/mol. The Morgan fingerprint density at radius 2 is 1.88 bits per heavy atom. The fraction of sp³-hybridized carbons (Fsp3) is 0.375. The number of carbonyl (C=O) groups is 1. The van der Waals surface area contributed by atoms with Crippen LogP contribution < -0.4 is 14.8 Å². The van der Waals surface area contributed by atoms with Crippen LogP contribution in [0.3, 0.4) is 0 Å². The summed E-state index contributed by atoms with van der Waals surface area (Å²) in [5.74, 6) is 1.39. The average Bonchev–Trinajstić information content (AvgIpc) is 3.32. The van der Waals surface area contributed by atoms with Crippen molar-refractivity contribution in [2.45, 2.75) is 39.9 Å². The topological polar surface area (TPSA) is 81.5 Å². The van der Waals surface area contributed by atoms with Gasteiger partial charge in [-0.25, -0.2) is 14.8 Å². The quantitative estimate of drug-likeness (QED) is 0.465. The first-order valence-corrected chi connectivity index (χ1v) is 11.0. The third kappa shape index (κ3) is 7.30. The maximum atomic E-state index is 13.0. The second kappa shape index (κ2) is 12.3. The van der Waals surface area contributed by atoms with Crippen LogP contribution in [-0.2, 0) is 19.6 Å². The SMILES string of the molecule is CCOc1ccc(CN(CCCn2ccnc2)C(=O)NCc2ccnc(OCC)c2)cc1. The lowest BCUT2D eigenvalue weighted by Crippen LogP contribution is -2.40. The Morgan fingerprint density at radius 3 is 2.59 bits per heavy atom. The molecule has 2 amide bonds. The third-order valence-electron chi connectivity index (χ3n) is 4.83. The standard InChI is InChI=1S/C24H31N5O3/c1-3-31-22-8-6-20(7-9-22)18-29(14-5-13-28-15-12-25-19-28)24(30)27-17-21-10-11-26-23(16-21)32-4-2/h6-12,15-16,19H,3-5,13-14,17-18H2,1-2H3,(H,27,30). The molecule has 3 rings (SSSR count). The molecule has 0 fully saturated rings. The molecule has 0 saturated carbocycles. The number of nitrogens with zero attached hydrogens (tertiary/aromatic N) is 4. The normalized spacial score (nSPS) is 10.6. The van der Waals surface area contributed by atoms with Crippen molar-refractivity contribution in [1.29, 1.82) is 0 Å². The van der Waals surface area contributed by atoms with Crippen molar-refractivity contribution in [3.8, 4) is 11.6 Å². The number of pyridine rings is 1. The zero-order chi connectivity index (χ0) is 22.6. The highest BCUT2D eigenvalue weighted by Crippen LogP contribution is 2.15. The fourth-order valence-electron chi connectivity index (χ4n) is 3.27. The number of nitrogens with one attached hydrogen (secondary N) is 1. The van der Waals surface area contributed by atoms with Gasteiger partial charge in [0.05, 0.1) is 19.5 Å². The van der Waals surface area contributed by atoms with Crippen molar-refractivity contribution in [2.75, 3.05) is 19.8 Å². The predicted octanol–water partition coefficient (Wildman–Crippen LogP) is 3.88. The number of rotatable bonds is 12. The lowest BCUT2D eigenvalue weighted by atomic mass is 10.2. The molecule has 0 bridgehead atoms. The largest absolute Gasteiger partial charge is 0.494 e. The zero-order valence-corrected chi connectivity index (χ0v) is 18.7. The summed E-state index contributed by atoms with van der Waals surface area (Å²) in [6.45, 7) is 7.40. The van der Waals surface area contributed by atoms with Gasteiger partial charge in [-0.3, -0.25) is 0 Å². The minimum atomic E-state index is -0.112. The lowest BCUT2D eigenvalue weighted by Gasteiger charge is -2.23. The van der Waals surface area contributed by atoms with Gasteiger partial charge < -0.3 is 24.3 Å². The Kier molecular flexibility index (Phi) is 8.92. The first-order chi connectivity index (χ1) is 15.7. The number of carbonyl (C=O) groups excluding carboxylic acids is 1. The number of imidazole rings is 1. The molecular formula is C24H31N5O3. The summed E-state index contributed by atoms with van der Waals surface area (Å²) in [5, 5.41) is 3.02. The van der Waals surface area contributed by atoms with Crippen LogP contribution in [-0.4, -0.2) is 45.2 Å². The van der Waals surface area contributed by atoms with E-state index in [2.05, 4.69) is 15.3 Å². The smallest absolute Gasteiger partial charge is 0.317 e. The van der Waals surface area contributed by atoms with Gasteiger partial charge in [0.2, 0.25) is 5.88 Å². The van der Waals surface area contributed by atoms with Crippen LogP contribution >= 0.6 is 0 Å². The first kappa shape index (κ1) is 23.1. The van der Waals surface area contributed by atoms with Gasteiger partial charge in [-0.2, -0.15) is 0 Å². The molecule has 2 aromatic heterocycles. The van der Waals surface area contributed by atoms with Crippen molar-refractivity contribution >= 4 is 6.03 Å². The van der Waals surface area contributed by atoms with E-state index in [0.29, 0.717) is 38.7 Å². The first-order valence-electron chi connectivity index (χ1n) is 11.0. The molecule has 0 spiro atoms. The molecule has 1 N–H and O–H groups in total. The summed E-state index contributed by atoms with van der Waals surface area (Å²) in [4.78, 5) is 23.1. The van der Waals surface area contributed by atoms with Gasteiger partial charge in [0.15, 0.2) is 0 Å². The van der Waals surface area contributed by atoms with Crippen LogP contribution in [0.15, 0.2) is 61.3 Å². The van der Waals surface area contributed by atoms with Gasteiger partial charge in [-0.15, -0.1) is 0 Å². The summed E-state index contributed by atoms with van der Waals surface area (Å²) in [7, 11) is 0. The van der Waals surface area contributed by atoms with Crippen LogP contribution in [0.1, 0.15) is 31.4 Å². The minimum absolute atomic E-state index is 0.112. The molecule has 8 nitrogen and oxygen atoms in total. The maximum absolute atomic E-state index is 13.0. The Balaban J connectivity index is 1.61. The molecule has 3 aromatic rings. The number of aryl methyl sites for hydroxylation is 1. The molecule has 170 valence electrons. The fourth-order valence-corrected chi connectivity index (χ4v) is 3.27. The summed E-state index contributed by atoms with van der Waals surface area (Å²) in [6, 6.07) is 11.5. The molecule has 0 aliphatic carbocycles. The summed E-state index contributed by atoms with van der Waals surface area (Å²) >= 11 is 0. The molecule has 2 heterocycles. The summed E-state index contributed by atoms with van der Waals surface area (Å²) in [5.41, 5.74) is 1.99.